The van der Waals surface area contributed by atoms with Gasteiger partial charge >= 0.3 is 0 Å². The Morgan fingerprint density at radius 2 is 2.09 bits per heavy atom. The van der Waals surface area contributed by atoms with Gasteiger partial charge in [0.25, 0.3) is 0 Å². The van der Waals surface area contributed by atoms with Crippen LogP contribution in [0.25, 0.3) is 11.0 Å². The molecule has 0 radical (unpaired) electrons. The summed E-state index contributed by atoms with van der Waals surface area (Å²) < 4.78 is 25.6. The maximum absolute atomic E-state index is 14.7. The number of ether oxygens (including phenoxy) is 1. The van der Waals surface area contributed by atoms with Crippen molar-refractivity contribution in [2.24, 2.45) is 5.92 Å². The second kappa shape index (κ2) is 10.8. The van der Waals surface area contributed by atoms with Crippen LogP contribution in [0.1, 0.15) is 31.0 Å². The molecule has 2 aromatic carbocycles. The monoisotopic (exact) mass is 466 g/mol. The van der Waals surface area contributed by atoms with Crippen LogP contribution in [-0.2, 0) is 6.42 Å². The lowest BCUT2D eigenvalue weighted by Gasteiger charge is -2.22. The first-order valence-electron chi connectivity index (χ1n) is 11.1. The lowest BCUT2D eigenvalue weighted by Crippen LogP contribution is -2.28. The molecule has 0 bridgehead atoms. The van der Waals surface area contributed by atoms with E-state index in [1.165, 1.54) is 24.3 Å². The summed E-state index contributed by atoms with van der Waals surface area (Å²) in [6, 6.07) is 10.2. The van der Waals surface area contributed by atoms with Crippen LogP contribution < -0.4 is 14.8 Å². The van der Waals surface area contributed by atoms with Gasteiger partial charge in [0.1, 0.15) is 17.4 Å². The summed E-state index contributed by atoms with van der Waals surface area (Å²) in [6.07, 6.45) is 4.99. The van der Waals surface area contributed by atoms with Crippen LogP contribution >= 0.6 is 12.1 Å². The largest absolute Gasteiger partial charge is 0.453 e. The number of nitrogens with one attached hydrogen (secondary N) is 2. The van der Waals surface area contributed by atoms with Gasteiger partial charge in [0.2, 0.25) is 0 Å². The van der Waals surface area contributed by atoms with E-state index in [0.717, 1.165) is 50.1 Å². The van der Waals surface area contributed by atoms with E-state index in [4.69, 9.17) is 9.72 Å². The van der Waals surface area contributed by atoms with E-state index in [1.54, 1.807) is 18.2 Å². The maximum atomic E-state index is 14.7. The molecule has 1 aliphatic heterocycles. The Hall–Kier alpha value is -2.93. The third-order valence-electron chi connectivity index (χ3n) is 5.72. The van der Waals surface area contributed by atoms with Crippen LogP contribution in [-0.4, -0.2) is 41.0 Å². The minimum Gasteiger partial charge on any atom is -0.453 e. The number of fused-ring (bicyclic) bond motifs is 1. The van der Waals surface area contributed by atoms with Gasteiger partial charge in [-0.25, -0.2) is 13.7 Å². The van der Waals surface area contributed by atoms with Gasteiger partial charge < -0.3 is 14.8 Å². The number of hydrogen-bond donors (Lipinski definition) is 2. The highest BCUT2D eigenvalue weighted by Crippen LogP contribution is 2.35. The van der Waals surface area contributed by atoms with Crippen molar-refractivity contribution in [3.63, 3.8) is 0 Å². The lowest BCUT2D eigenvalue weighted by molar-refractivity contribution is 0.370. The molecule has 3 aromatic rings. The first-order valence-corrected chi connectivity index (χ1v) is 11.9. The zero-order chi connectivity index (χ0) is 23.2. The van der Waals surface area contributed by atoms with Gasteiger partial charge in [-0.2, -0.15) is 5.26 Å². The van der Waals surface area contributed by atoms with Crippen molar-refractivity contribution in [3.05, 3.63) is 53.6 Å². The van der Waals surface area contributed by atoms with E-state index in [0.29, 0.717) is 22.9 Å². The Kier molecular flexibility index (Phi) is 7.60. The van der Waals surface area contributed by atoms with Gasteiger partial charge in [0.05, 0.1) is 22.4 Å². The third kappa shape index (κ3) is 5.71. The number of rotatable bonds is 8. The van der Waals surface area contributed by atoms with Crippen molar-refractivity contribution in [1.82, 2.24) is 19.6 Å². The van der Waals surface area contributed by atoms with Crippen molar-refractivity contribution in [1.29, 1.82) is 5.26 Å². The zero-order valence-electron chi connectivity index (χ0n) is 18.8. The Balaban J connectivity index is 1.58. The highest BCUT2D eigenvalue weighted by molar-refractivity contribution is 7.98. The van der Waals surface area contributed by atoms with Crippen LogP contribution in [0.3, 0.4) is 0 Å². The first-order chi connectivity index (χ1) is 16.1. The molecule has 172 valence electrons. The summed E-state index contributed by atoms with van der Waals surface area (Å²) in [7, 11) is 1.92. The fourth-order valence-electron chi connectivity index (χ4n) is 3.74. The molecule has 4 rings (SSSR count). The number of nitrogens with zero attached hydrogens (tertiary/aromatic N) is 4. The molecule has 9 heteroatoms. The molecule has 0 spiro atoms. The second-order valence-corrected chi connectivity index (χ2v) is 9.07. The number of aromatic nitrogens is 2. The summed E-state index contributed by atoms with van der Waals surface area (Å²) in [5.74, 6) is 0.295. The van der Waals surface area contributed by atoms with Crippen molar-refractivity contribution < 1.29 is 9.13 Å². The van der Waals surface area contributed by atoms with E-state index >= 15 is 0 Å². The molecule has 2 heterocycles. The predicted molar refractivity (Wildman–Crippen MR) is 130 cm³/mol. The van der Waals surface area contributed by atoms with Crippen LogP contribution in [0.15, 0.2) is 36.5 Å². The standard InChI is InChI=1S/C24H27FN6OS/c1-3-31(2)33-30-21-7-5-20(25)24(19(21)14-26)32-18-4-6-22-23(13-18)29-17(15-28-22)12-16-8-10-27-11-9-16/h4-7,13,15-16,27,30H,3,8-12H2,1-2H3. The Morgan fingerprint density at radius 1 is 1.27 bits per heavy atom. The fourth-order valence-corrected chi connectivity index (χ4v) is 4.29. The number of benzene rings is 2. The summed E-state index contributed by atoms with van der Waals surface area (Å²) in [4.78, 5) is 9.30. The van der Waals surface area contributed by atoms with Gasteiger partial charge in [-0.05, 0) is 69.6 Å². The highest BCUT2D eigenvalue weighted by atomic mass is 32.2. The molecule has 33 heavy (non-hydrogen) atoms. The molecular formula is C24H27FN6OS. The van der Waals surface area contributed by atoms with Crippen molar-refractivity contribution >= 4 is 28.9 Å². The lowest BCUT2D eigenvalue weighted by atomic mass is 9.93. The normalized spacial score (nSPS) is 14.4. The van der Waals surface area contributed by atoms with E-state index in [9.17, 15) is 9.65 Å². The maximum Gasteiger partial charge on any atom is 0.182 e. The molecule has 7 nitrogen and oxygen atoms in total. The summed E-state index contributed by atoms with van der Waals surface area (Å²) in [5.41, 5.74) is 2.97. The van der Waals surface area contributed by atoms with Gasteiger partial charge in [-0.1, -0.05) is 6.92 Å². The van der Waals surface area contributed by atoms with Crippen LogP contribution in [0, 0.1) is 23.1 Å². The molecule has 1 aliphatic rings. The first kappa shape index (κ1) is 23.2. The van der Waals surface area contributed by atoms with E-state index < -0.39 is 5.82 Å². The topological polar surface area (TPSA) is 86.1 Å². The number of halogens is 1. The van der Waals surface area contributed by atoms with Crippen molar-refractivity contribution in [2.45, 2.75) is 26.2 Å². The Bertz CT molecular complexity index is 1160. The minimum absolute atomic E-state index is 0.109. The fraction of sp³-hybridized carbons (Fsp3) is 0.375. The summed E-state index contributed by atoms with van der Waals surface area (Å²) in [6.45, 7) is 4.90. The minimum atomic E-state index is -0.600. The molecule has 0 unspecified atom stereocenters. The van der Waals surface area contributed by atoms with Crippen LogP contribution in [0.4, 0.5) is 10.1 Å². The number of anilines is 1. The summed E-state index contributed by atoms with van der Waals surface area (Å²) in [5, 5.41) is 13.1. The molecule has 1 saturated heterocycles. The van der Waals surface area contributed by atoms with E-state index in [2.05, 4.69) is 21.1 Å². The van der Waals surface area contributed by atoms with Crippen molar-refractivity contribution in [3.8, 4) is 17.6 Å². The second-order valence-electron chi connectivity index (χ2n) is 8.06. The Labute approximate surface area is 197 Å². The van der Waals surface area contributed by atoms with Crippen LogP contribution in [0.5, 0.6) is 11.5 Å². The molecule has 1 aromatic heterocycles. The van der Waals surface area contributed by atoms with Gasteiger partial charge in [0, 0.05) is 30.9 Å². The van der Waals surface area contributed by atoms with Gasteiger partial charge in [0.15, 0.2) is 11.6 Å². The molecule has 0 atom stereocenters. The predicted octanol–water partition coefficient (Wildman–Crippen LogP) is 4.90. The van der Waals surface area contributed by atoms with E-state index in [-0.39, 0.29) is 11.3 Å². The summed E-state index contributed by atoms with van der Waals surface area (Å²) >= 11 is 1.33. The zero-order valence-corrected chi connectivity index (χ0v) is 19.6. The number of hydrogen-bond acceptors (Lipinski definition) is 8. The Morgan fingerprint density at radius 3 is 2.85 bits per heavy atom. The molecule has 0 aliphatic carbocycles. The van der Waals surface area contributed by atoms with E-state index in [1.807, 2.05) is 24.5 Å². The van der Waals surface area contributed by atoms with Crippen molar-refractivity contribution in [2.75, 3.05) is 31.4 Å². The third-order valence-corrected chi connectivity index (χ3v) is 6.60. The molecule has 2 N–H and O–H groups in total. The van der Waals surface area contributed by atoms with Gasteiger partial charge in [-0.15, -0.1) is 0 Å². The average molecular weight is 467 g/mol. The number of nitriles is 1. The van der Waals surface area contributed by atoms with Crippen LogP contribution in [0.2, 0.25) is 0 Å². The quantitative estimate of drug-likeness (QED) is 0.453. The molecule has 1 fully saturated rings. The SMILES string of the molecule is CCN(C)SNc1ccc(F)c(Oc2ccc3ncc(CC4CCNCC4)nc3c2)c1C#N. The number of piperidine rings is 1. The average Bonchev–Trinajstić information content (AvgIpc) is 2.84. The highest BCUT2D eigenvalue weighted by Gasteiger charge is 2.18. The smallest absolute Gasteiger partial charge is 0.182 e. The van der Waals surface area contributed by atoms with Gasteiger partial charge in [-0.3, -0.25) is 4.98 Å². The molecule has 0 saturated carbocycles. The molecular weight excluding hydrogens is 439 g/mol. The molecule has 0 amide bonds.